The summed E-state index contributed by atoms with van der Waals surface area (Å²) in [6, 6.07) is 1.66. The molecule has 2 N–H and O–H groups in total. The Labute approximate surface area is 136 Å². The first kappa shape index (κ1) is 16.9. The number of nitrogens with zero attached hydrogens (tertiary/aromatic N) is 1. The van der Waals surface area contributed by atoms with Crippen LogP contribution in [0.25, 0.3) is 0 Å². The molecule has 0 spiro atoms. The van der Waals surface area contributed by atoms with Crippen molar-refractivity contribution in [1.29, 1.82) is 0 Å². The van der Waals surface area contributed by atoms with E-state index in [1.165, 1.54) is 0 Å². The molecule has 1 aliphatic rings. The van der Waals surface area contributed by atoms with Gasteiger partial charge in [0.1, 0.15) is 11.7 Å². The number of hydrogen-bond donors (Lipinski definition) is 2. The van der Waals surface area contributed by atoms with E-state index in [0.717, 1.165) is 11.3 Å². The van der Waals surface area contributed by atoms with Crippen LogP contribution in [0.4, 0.5) is 0 Å². The summed E-state index contributed by atoms with van der Waals surface area (Å²) in [5, 5.41) is 3.02. The number of hydrogen-bond acceptors (Lipinski definition) is 3. The molecule has 2 atom stereocenters. The molecule has 0 saturated carbocycles. The lowest BCUT2D eigenvalue weighted by molar-refractivity contribution is -0.125. The van der Waals surface area contributed by atoms with Crippen LogP contribution in [0.3, 0.4) is 0 Å². The SMILES string of the molecule is Cc1cc(C)c(C(=O)N2CSCC2C(=O)NC(C)C(C)C)[nH]1. The van der Waals surface area contributed by atoms with Crippen LogP contribution in [-0.2, 0) is 4.79 Å². The monoisotopic (exact) mass is 323 g/mol. The van der Waals surface area contributed by atoms with Gasteiger partial charge in [0.2, 0.25) is 5.91 Å². The predicted octanol–water partition coefficient (Wildman–Crippen LogP) is 2.31. The van der Waals surface area contributed by atoms with Crippen LogP contribution in [0, 0.1) is 19.8 Å². The molecular formula is C16H25N3O2S. The average molecular weight is 323 g/mol. The maximum atomic E-state index is 12.7. The second-order valence-electron chi connectivity index (χ2n) is 6.34. The highest BCUT2D eigenvalue weighted by molar-refractivity contribution is 7.99. The summed E-state index contributed by atoms with van der Waals surface area (Å²) in [5.74, 6) is 1.44. The highest BCUT2D eigenvalue weighted by atomic mass is 32.2. The third-order valence-electron chi connectivity index (χ3n) is 4.18. The van der Waals surface area contributed by atoms with Gasteiger partial charge in [-0.15, -0.1) is 11.8 Å². The first-order chi connectivity index (χ1) is 10.3. The number of aryl methyl sites for hydroxylation is 2. The molecule has 6 heteroatoms. The van der Waals surface area contributed by atoms with Gasteiger partial charge in [0, 0.05) is 17.5 Å². The van der Waals surface area contributed by atoms with E-state index in [-0.39, 0.29) is 23.9 Å². The molecule has 0 bridgehead atoms. The molecule has 1 aromatic rings. The molecule has 1 aliphatic heterocycles. The summed E-state index contributed by atoms with van der Waals surface area (Å²) in [4.78, 5) is 30.0. The number of aromatic nitrogens is 1. The molecule has 122 valence electrons. The largest absolute Gasteiger partial charge is 0.354 e. The number of amides is 2. The molecule has 5 nitrogen and oxygen atoms in total. The molecule has 1 aromatic heterocycles. The van der Waals surface area contributed by atoms with E-state index in [2.05, 4.69) is 24.1 Å². The van der Waals surface area contributed by atoms with Crippen LogP contribution in [0.2, 0.25) is 0 Å². The Bertz CT molecular complexity index is 568. The number of carbonyl (C=O) groups is 2. The van der Waals surface area contributed by atoms with Gasteiger partial charge in [-0.3, -0.25) is 9.59 Å². The first-order valence-corrected chi connectivity index (χ1v) is 8.82. The topological polar surface area (TPSA) is 65.2 Å². The molecule has 22 heavy (non-hydrogen) atoms. The van der Waals surface area contributed by atoms with Gasteiger partial charge in [0.05, 0.1) is 5.88 Å². The highest BCUT2D eigenvalue weighted by Gasteiger charge is 2.36. The zero-order valence-electron chi connectivity index (χ0n) is 13.9. The standard InChI is InChI=1S/C16H25N3O2S/c1-9(2)12(5)18-15(20)13-7-22-8-19(13)16(21)14-10(3)6-11(4)17-14/h6,9,12-13,17H,7-8H2,1-5H3,(H,18,20). The summed E-state index contributed by atoms with van der Waals surface area (Å²) < 4.78 is 0. The van der Waals surface area contributed by atoms with E-state index in [1.54, 1.807) is 16.7 Å². The predicted molar refractivity (Wildman–Crippen MR) is 90.0 cm³/mol. The normalized spacial score (nSPS) is 19.5. The van der Waals surface area contributed by atoms with Crippen molar-refractivity contribution < 1.29 is 9.59 Å². The molecule has 2 rings (SSSR count). The van der Waals surface area contributed by atoms with Gasteiger partial charge in [-0.05, 0) is 38.3 Å². The maximum absolute atomic E-state index is 12.7. The molecule has 0 aliphatic carbocycles. The Morgan fingerprint density at radius 3 is 2.59 bits per heavy atom. The molecular weight excluding hydrogens is 298 g/mol. The Morgan fingerprint density at radius 1 is 1.36 bits per heavy atom. The molecule has 1 saturated heterocycles. The molecule has 2 unspecified atom stereocenters. The third-order valence-corrected chi connectivity index (χ3v) is 5.19. The third kappa shape index (κ3) is 3.48. The number of H-pyrrole nitrogens is 1. The molecule has 0 aromatic carbocycles. The zero-order chi connectivity index (χ0) is 16.4. The van der Waals surface area contributed by atoms with E-state index in [1.807, 2.05) is 26.8 Å². The zero-order valence-corrected chi connectivity index (χ0v) is 14.7. The van der Waals surface area contributed by atoms with Crippen molar-refractivity contribution in [3.05, 3.63) is 23.0 Å². The van der Waals surface area contributed by atoms with Gasteiger partial charge in [-0.1, -0.05) is 13.8 Å². The number of nitrogens with one attached hydrogen (secondary N) is 2. The minimum atomic E-state index is -0.387. The Balaban J connectivity index is 2.12. The summed E-state index contributed by atoms with van der Waals surface area (Å²) in [6.07, 6.45) is 0. The van der Waals surface area contributed by atoms with E-state index < -0.39 is 0 Å². The molecule has 2 heterocycles. The summed E-state index contributed by atoms with van der Waals surface area (Å²) in [6.45, 7) is 9.98. The lowest BCUT2D eigenvalue weighted by Gasteiger charge is -2.25. The average Bonchev–Trinajstić information content (AvgIpc) is 3.04. The second-order valence-corrected chi connectivity index (χ2v) is 7.34. The van der Waals surface area contributed by atoms with Crippen molar-refractivity contribution in [1.82, 2.24) is 15.2 Å². The number of carbonyl (C=O) groups excluding carboxylic acids is 2. The van der Waals surface area contributed by atoms with Gasteiger partial charge >= 0.3 is 0 Å². The molecule has 1 fully saturated rings. The van der Waals surface area contributed by atoms with E-state index in [4.69, 9.17) is 0 Å². The van der Waals surface area contributed by atoms with Crippen LogP contribution in [-0.4, -0.2) is 45.4 Å². The van der Waals surface area contributed by atoms with Gasteiger partial charge in [-0.2, -0.15) is 0 Å². The minimum absolute atomic E-state index is 0.0551. The van der Waals surface area contributed by atoms with Crippen LogP contribution in [0.5, 0.6) is 0 Å². The van der Waals surface area contributed by atoms with Crippen molar-refractivity contribution in [2.75, 3.05) is 11.6 Å². The van der Waals surface area contributed by atoms with Crippen LogP contribution < -0.4 is 5.32 Å². The lowest BCUT2D eigenvalue weighted by Crippen LogP contribution is -2.50. The van der Waals surface area contributed by atoms with Crippen molar-refractivity contribution >= 4 is 23.6 Å². The number of thioether (sulfide) groups is 1. The van der Waals surface area contributed by atoms with Crippen molar-refractivity contribution in [3.8, 4) is 0 Å². The van der Waals surface area contributed by atoms with Crippen LogP contribution in [0.1, 0.15) is 42.5 Å². The lowest BCUT2D eigenvalue weighted by atomic mass is 10.1. The van der Waals surface area contributed by atoms with Crippen LogP contribution >= 0.6 is 11.8 Å². The van der Waals surface area contributed by atoms with Crippen molar-refractivity contribution in [2.45, 2.75) is 46.7 Å². The van der Waals surface area contributed by atoms with Gasteiger partial charge in [0.25, 0.3) is 5.91 Å². The fraction of sp³-hybridized carbons (Fsp3) is 0.625. The Hall–Kier alpha value is -1.43. The van der Waals surface area contributed by atoms with E-state index in [9.17, 15) is 9.59 Å². The van der Waals surface area contributed by atoms with E-state index >= 15 is 0 Å². The second kappa shape index (κ2) is 6.77. The maximum Gasteiger partial charge on any atom is 0.271 e. The summed E-state index contributed by atoms with van der Waals surface area (Å²) in [5.41, 5.74) is 2.48. The van der Waals surface area contributed by atoms with Gasteiger partial charge in [0.15, 0.2) is 0 Å². The Kier molecular flexibility index (Phi) is 5.21. The van der Waals surface area contributed by atoms with Gasteiger partial charge in [-0.25, -0.2) is 0 Å². The first-order valence-electron chi connectivity index (χ1n) is 7.66. The van der Waals surface area contributed by atoms with Crippen molar-refractivity contribution in [2.24, 2.45) is 5.92 Å². The highest BCUT2D eigenvalue weighted by Crippen LogP contribution is 2.24. The fourth-order valence-corrected chi connectivity index (χ4v) is 3.60. The summed E-state index contributed by atoms with van der Waals surface area (Å²) >= 11 is 1.62. The smallest absolute Gasteiger partial charge is 0.271 e. The molecule has 0 radical (unpaired) electrons. The minimum Gasteiger partial charge on any atom is -0.354 e. The summed E-state index contributed by atoms with van der Waals surface area (Å²) in [7, 11) is 0. The number of aromatic amines is 1. The Morgan fingerprint density at radius 2 is 2.05 bits per heavy atom. The number of rotatable bonds is 4. The van der Waals surface area contributed by atoms with Crippen molar-refractivity contribution in [3.63, 3.8) is 0 Å². The molecule has 2 amide bonds. The van der Waals surface area contributed by atoms with E-state index in [0.29, 0.717) is 23.2 Å². The quantitative estimate of drug-likeness (QED) is 0.893. The van der Waals surface area contributed by atoms with Crippen LogP contribution in [0.15, 0.2) is 6.07 Å². The van der Waals surface area contributed by atoms with Gasteiger partial charge < -0.3 is 15.2 Å². The fourth-order valence-electron chi connectivity index (χ4n) is 2.44.